The van der Waals surface area contributed by atoms with Crippen molar-refractivity contribution in [1.82, 2.24) is 19.8 Å². The monoisotopic (exact) mass is 250 g/mol. The van der Waals surface area contributed by atoms with Crippen molar-refractivity contribution in [3.63, 3.8) is 0 Å². The molecule has 1 aromatic heterocycles. The summed E-state index contributed by atoms with van der Waals surface area (Å²) in [5.41, 5.74) is 1.38. The summed E-state index contributed by atoms with van der Waals surface area (Å²) in [7, 11) is 2.05. The predicted octanol–water partition coefficient (Wildman–Crippen LogP) is 2.07. The van der Waals surface area contributed by atoms with E-state index in [1.807, 2.05) is 13.4 Å². The molecule has 1 saturated heterocycles. The Morgan fingerprint density at radius 1 is 1.50 bits per heavy atom. The third-order valence-corrected chi connectivity index (χ3v) is 4.05. The zero-order valence-electron chi connectivity index (χ0n) is 12.1. The highest BCUT2D eigenvalue weighted by atomic mass is 15.2. The van der Waals surface area contributed by atoms with Gasteiger partial charge in [-0.2, -0.15) is 0 Å². The number of nitrogens with zero attached hydrogens (tertiary/aromatic N) is 3. The number of hydrogen-bond donors (Lipinski definition) is 1. The summed E-state index contributed by atoms with van der Waals surface area (Å²) >= 11 is 0. The van der Waals surface area contributed by atoms with E-state index in [1.165, 1.54) is 18.7 Å². The zero-order chi connectivity index (χ0) is 13.1. The molecule has 0 radical (unpaired) electrons. The maximum Gasteiger partial charge on any atom is 0.0951 e. The Balaban J connectivity index is 2.28. The average molecular weight is 250 g/mol. The van der Waals surface area contributed by atoms with Crippen molar-refractivity contribution in [3.8, 4) is 0 Å². The molecule has 0 amide bonds. The van der Waals surface area contributed by atoms with Gasteiger partial charge in [-0.05, 0) is 52.9 Å². The van der Waals surface area contributed by atoms with Crippen LogP contribution in [0.5, 0.6) is 0 Å². The summed E-state index contributed by atoms with van der Waals surface area (Å²) in [6.07, 6.45) is 5.31. The Hall–Kier alpha value is -0.870. The number of imidazole rings is 1. The highest BCUT2D eigenvalue weighted by molar-refractivity contribution is 5.11. The lowest BCUT2D eigenvalue weighted by atomic mass is 9.97. The molecule has 2 atom stereocenters. The number of nitrogens with one attached hydrogen (secondary N) is 1. The van der Waals surface area contributed by atoms with Crippen LogP contribution in [-0.2, 0) is 0 Å². The summed E-state index contributed by atoms with van der Waals surface area (Å²) in [5.74, 6) is 0.698. The lowest BCUT2D eigenvalue weighted by Gasteiger charge is -2.29. The summed E-state index contributed by atoms with van der Waals surface area (Å²) < 4.78 is 2.32. The fourth-order valence-electron chi connectivity index (χ4n) is 3.16. The average Bonchev–Trinajstić information content (AvgIpc) is 2.94. The molecule has 2 heterocycles. The van der Waals surface area contributed by atoms with Crippen LogP contribution in [0.15, 0.2) is 12.5 Å². The van der Waals surface area contributed by atoms with Crippen LogP contribution in [0.3, 0.4) is 0 Å². The first-order chi connectivity index (χ1) is 8.69. The first-order valence-corrected chi connectivity index (χ1v) is 7.09. The normalized spacial score (nSPS) is 25.2. The van der Waals surface area contributed by atoms with E-state index in [1.54, 1.807) is 0 Å². The van der Waals surface area contributed by atoms with Gasteiger partial charge in [-0.1, -0.05) is 6.92 Å². The van der Waals surface area contributed by atoms with Gasteiger partial charge in [-0.3, -0.25) is 4.90 Å². The minimum absolute atomic E-state index is 0.483. The summed E-state index contributed by atoms with van der Waals surface area (Å²) in [6.45, 7) is 10.1. The van der Waals surface area contributed by atoms with Crippen molar-refractivity contribution in [2.45, 2.75) is 39.3 Å². The van der Waals surface area contributed by atoms with Crippen LogP contribution in [0.4, 0.5) is 0 Å². The number of hydrogen-bond acceptors (Lipinski definition) is 3. The molecule has 0 bridgehead atoms. The van der Waals surface area contributed by atoms with E-state index >= 15 is 0 Å². The lowest BCUT2D eigenvalue weighted by Crippen LogP contribution is -2.31. The van der Waals surface area contributed by atoms with Crippen LogP contribution in [0.1, 0.15) is 45.0 Å². The largest absolute Gasteiger partial charge is 0.331 e. The molecule has 0 aliphatic carbocycles. The number of aromatic nitrogens is 2. The van der Waals surface area contributed by atoms with Gasteiger partial charge in [0.2, 0.25) is 0 Å². The topological polar surface area (TPSA) is 33.1 Å². The molecule has 1 aliphatic rings. The van der Waals surface area contributed by atoms with Crippen LogP contribution in [-0.4, -0.2) is 41.1 Å². The number of rotatable bonds is 5. The smallest absolute Gasteiger partial charge is 0.0951 e. The van der Waals surface area contributed by atoms with E-state index in [4.69, 9.17) is 0 Å². The van der Waals surface area contributed by atoms with Gasteiger partial charge in [0.15, 0.2) is 0 Å². The minimum atomic E-state index is 0.483. The van der Waals surface area contributed by atoms with Gasteiger partial charge in [-0.15, -0.1) is 0 Å². The van der Waals surface area contributed by atoms with Gasteiger partial charge < -0.3 is 9.88 Å². The van der Waals surface area contributed by atoms with E-state index in [2.05, 4.69) is 46.7 Å². The molecule has 0 aromatic carbocycles. The second-order valence-electron chi connectivity index (χ2n) is 5.50. The highest BCUT2D eigenvalue weighted by Crippen LogP contribution is 2.37. The van der Waals surface area contributed by atoms with Gasteiger partial charge >= 0.3 is 0 Å². The van der Waals surface area contributed by atoms with Crippen molar-refractivity contribution >= 4 is 0 Å². The van der Waals surface area contributed by atoms with Crippen LogP contribution < -0.4 is 5.32 Å². The van der Waals surface area contributed by atoms with E-state index in [0.29, 0.717) is 18.0 Å². The summed E-state index contributed by atoms with van der Waals surface area (Å²) in [5, 5.41) is 3.34. The molecule has 1 aromatic rings. The second kappa shape index (κ2) is 5.85. The molecule has 0 spiro atoms. The van der Waals surface area contributed by atoms with E-state index in [0.717, 1.165) is 13.1 Å². The molecule has 2 rings (SSSR count). The Morgan fingerprint density at radius 3 is 2.89 bits per heavy atom. The predicted molar refractivity (Wildman–Crippen MR) is 74.6 cm³/mol. The zero-order valence-corrected chi connectivity index (χ0v) is 12.1. The molecule has 1 N–H and O–H groups in total. The van der Waals surface area contributed by atoms with Crippen LogP contribution in [0.2, 0.25) is 0 Å². The molecule has 18 heavy (non-hydrogen) atoms. The first kappa shape index (κ1) is 13.6. The quantitative estimate of drug-likeness (QED) is 0.868. The van der Waals surface area contributed by atoms with Crippen LogP contribution >= 0.6 is 0 Å². The van der Waals surface area contributed by atoms with E-state index in [-0.39, 0.29) is 0 Å². The van der Waals surface area contributed by atoms with Crippen molar-refractivity contribution in [2.24, 2.45) is 5.92 Å². The standard InChI is InChI=1S/C14H26N4/c1-5-17-7-6-12(8-15-4)14(17)13-9-16-10-18(13)11(2)3/h9-12,14-15H,5-8H2,1-4H3. The first-order valence-electron chi connectivity index (χ1n) is 7.09. The molecule has 2 unspecified atom stereocenters. The maximum atomic E-state index is 4.37. The Labute approximate surface area is 110 Å². The Kier molecular flexibility index (Phi) is 4.40. The molecule has 0 saturated carbocycles. The number of likely N-dealkylation sites (tertiary alicyclic amines) is 1. The van der Waals surface area contributed by atoms with Gasteiger partial charge in [-0.25, -0.2) is 4.98 Å². The van der Waals surface area contributed by atoms with Gasteiger partial charge in [0.25, 0.3) is 0 Å². The fourth-order valence-corrected chi connectivity index (χ4v) is 3.16. The lowest BCUT2D eigenvalue weighted by molar-refractivity contribution is 0.226. The summed E-state index contributed by atoms with van der Waals surface area (Å²) in [4.78, 5) is 6.95. The van der Waals surface area contributed by atoms with Crippen LogP contribution in [0.25, 0.3) is 0 Å². The van der Waals surface area contributed by atoms with Crippen molar-refractivity contribution in [1.29, 1.82) is 0 Å². The van der Waals surface area contributed by atoms with Crippen molar-refractivity contribution in [3.05, 3.63) is 18.2 Å². The van der Waals surface area contributed by atoms with Gasteiger partial charge in [0.05, 0.1) is 18.1 Å². The highest BCUT2D eigenvalue weighted by Gasteiger charge is 2.35. The minimum Gasteiger partial charge on any atom is -0.331 e. The van der Waals surface area contributed by atoms with E-state index < -0.39 is 0 Å². The third-order valence-electron chi connectivity index (χ3n) is 4.05. The van der Waals surface area contributed by atoms with Gasteiger partial charge in [0, 0.05) is 12.2 Å². The SMILES string of the molecule is CCN1CCC(CNC)C1c1cncn1C(C)C. The van der Waals surface area contributed by atoms with Crippen molar-refractivity contribution < 1.29 is 0 Å². The van der Waals surface area contributed by atoms with Crippen LogP contribution in [0, 0.1) is 5.92 Å². The molecule has 1 fully saturated rings. The molecular weight excluding hydrogens is 224 g/mol. The van der Waals surface area contributed by atoms with E-state index in [9.17, 15) is 0 Å². The Morgan fingerprint density at radius 2 is 2.28 bits per heavy atom. The maximum absolute atomic E-state index is 4.37. The third kappa shape index (κ3) is 2.45. The fraction of sp³-hybridized carbons (Fsp3) is 0.786. The summed E-state index contributed by atoms with van der Waals surface area (Å²) in [6, 6.07) is 1.00. The van der Waals surface area contributed by atoms with Crippen molar-refractivity contribution in [2.75, 3.05) is 26.7 Å². The molecule has 4 nitrogen and oxygen atoms in total. The molecule has 4 heteroatoms. The Bertz CT molecular complexity index is 372. The molecule has 1 aliphatic heterocycles. The molecule has 102 valence electrons. The molecular formula is C14H26N4. The second-order valence-corrected chi connectivity index (χ2v) is 5.50. The van der Waals surface area contributed by atoms with Gasteiger partial charge in [0.1, 0.15) is 0 Å².